The average Bonchev–Trinajstić information content (AvgIpc) is 3.22. The van der Waals surface area contributed by atoms with Gasteiger partial charge in [-0.25, -0.2) is 0 Å². The number of amides is 1. The van der Waals surface area contributed by atoms with Gasteiger partial charge >= 0.3 is 0 Å². The van der Waals surface area contributed by atoms with Gasteiger partial charge in [-0.1, -0.05) is 65.3 Å². The molecule has 142 valence electrons. The maximum atomic E-state index is 11.8. The van der Waals surface area contributed by atoms with Crippen LogP contribution in [0.2, 0.25) is 5.02 Å². The molecule has 0 radical (unpaired) electrons. The Kier molecular flexibility index (Phi) is 25.4. The fourth-order valence-corrected chi connectivity index (χ4v) is 2.15. The molecule has 1 aliphatic heterocycles. The highest BCUT2D eigenvalue weighted by atomic mass is 35.5. The summed E-state index contributed by atoms with van der Waals surface area (Å²) in [5.41, 5.74) is 5.68. The number of hydrogen-bond donors (Lipinski definition) is 1. The molecular weight excluding hydrogens is 320 g/mol. The number of nitrogens with zero attached hydrogens (tertiary/aromatic N) is 1. The third-order valence-corrected chi connectivity index (χ3v) is 3.25. The highest BCUT2D eigenvalue weighted by molar-refractivity contribution is 6.30. The first-order valence-corrected chi connectivity index (χ1v) is 9.73. The van der Waals surface area contributed by atoms with Crippen molar-refractivity contribution in [3.63, 3.8) is 0 Å². The quantitative estimate of drug-likeness (QED) is 0.769. The van der Waals surface area contributed by atoms with E-state index in [2.05, 4.69) is 5.73 Å². The molecule has 0 saturated carbocycles. The molecule has 0 unspecified atom stereocenters. The lowest BCUT2D eigenvalue weighted by Crippen LogP contribution is -2.27. The largest absolute Gasteiger partial charge is 0.343 e. The van der Waals surface area contributed by atoms with E-state index in [1.54, 1.807) is 0 Å². The number of carbonyl (C=O) groups excluding carboxylic acids is 1. The van der Waals surface area contributed by atoms with Gasteiger partial charge in [-0.3, -0.25) is 4.79 Å². The summed E-state index contributed by atoms with van der Waals surface area (Å²) in [6, 6.07) is 7.72. The summed E-state index contributed by atoms with van der Waals surface area (Å²) in [6.07, 6.45) is 3.74. The van der Waals surface area contributed by atoms with Gasteiger partial charge in [-0.15, -0.1) is 0 Å². The van der Waals surface area contributed by atoms with Gasteiger partial charge in [0.1, 0.15) is 0 Å². The van der Waals surface area contributed by atoms with E-state index >= 15 is 0 Å². The van der Waals surface area contributed by atoms with Crippen LogP contribution < -0.4 is 5.73 Å². The van der Waals surface area contributed by atoms with E-state index in [1.807, 2.05) is 70.7 Å². The first-order chi connectivity index (χ1) is 11.8. The van der Waals surface area contributed by atoms with E-state index < -0.39 is 0 Å². The van der Waals surface area contributed by atoms with Gasteiger partial charge in [0.2, 0.25) is 5.91 Å². The minimum Gasteiger partial charge on any atom is -0.343 e. The minimum atomic E-state index is 0.285. The number of benzene rings is 1. The molecule has 0 aromatic heterocycles. The number of rotatable bonds is 3. The maximum absolute atomic E-state index is 11.8. The molecule has 0 atom stereocenters. The molecule has 0 bridgehead atoms. The van der Waals surface area contributed by atoms with Crippen LogP contribution in [0.15, 0.2) is 24.3 Å². The Balaban J connectivity index is -0.000000484. The smallest absolute Gasteiger partial charge is 0.222 e. The van der Waals surface area contributed by atoms with Crippen LogP contribution in [0.3, 0.4) is 0 Å². The van der Waals surface area contributed by atoms with Crippen molar-refractivity contribution in [2.45, 2.75) is 67.2 Å². The van der Waals surface area contributed by atoms with Gasteiger partial charge in [0.25, 0.3) is 0 Å². The van der Waals surface area contributed by atoms with Crippen LogP contribution in [0.5, 0.6) is 0 Å². The van der Waals surface area contributed by atoms with Crippen molar-refractivity contribution >= 4 is 17.5 Å². The van der Waals surface area contributed by atoms with Gasteiger partial charge in [0, 0.05) is 24.5 Å². The van der Waals surface area contributed by atoms with Gasteiger partial charge < -0.3 is 10.6 Å². The molecule has 1 saturated heterocycles. The SMILES string of the molecule is CC.CC.CC.CN.O=C(CCc1ccc(Cl)cc1)N1CCCC1. The Hall–Kier alpha value is -1.06. The van der Waals surface area contributed by atoms with E-state index in [0.717, 1.165) is 37.4 Å². The van der Waals surface area contributed by atoms with Crippen molar-refractivity contribution in [3.05, 3.63) is 34.9 Å². The Labute approximate surface area is 155 Å². The van der Waals surface area contributed by atoms with Gasteiger partial charge in [0.05, 0.1) is 0 Å². The standard InChI is InChI=1S/C13H16ClNO.3C2H6.CH5N/c14-12-6-3-11(4-7-12)5-8-13(16)15-9-1-2-10-15;4*1-2/h3-4,6-7H,1-2,5,8-10H2;3*1-2H3;2H2,1H3. The molecule has 24 heavy (non-hydrogen) atoms. The van der Waals surface area contributed by atoms with Crippen molar-refractivity contribution in [1.29, 1.82) is 0 Å². The number of likely N-dealkylation sites (tertiary alicyclic amines) is 1. The summed E-state index contributed by atoms with van der Waals surface area (Å²) in [7, 11) is 1.50. The Bertz CT molecular complexity index is 360. The Morgan fingerprint density at radius 1 is 0.958 bits per heavy atom. The highest BCUT2D eigenvalue weighted by Gasteiger charge is 2.17. The molecule has 1 aliphatic rings. The number of carbonyl (C=O) groups is 1. The van der Waals surface area contributed by atoms with Crippen LogP contribution in [0.25, 0.3) is 0 Å². The summed E-state index contributed by atoms with van der Waals surface area (Å²) in [5, 5.41) is 0.745. The van der Waals surface area contributed by atoms with E-state index in [1.165, 1.54) is 12.6 Å². The Morgan fingerprint density at radius 2 is 1.38 bits per heavy atom. The van der Waals surface area contributed by atoms with Gasteiger partial charge in [-0.2, -0.15) is 0 Å². The second-order valence-electron chi connectivity index (χ2n) is 4.21. The zero-order valence-corrected chi connectivity index (χ0v) is 17.6. The topological polar surface area (TPSA) is 46.3 Å². The van der Waals surface area contributed by atoms with Crippen LogP contribution >= 0.6 is 11.6 Å². The van der Waals surface area contributed by atoms with E-state index in [0.29, 0.717) is 6.42 Å². The van der Waals surface area contributed by atoms with Crippen molar-refractivity contribution in [2.75, 3.05) is 20.1 Å². The summed E-state index contributed by atoms with van der Waals surface area (Å²) in [5.74, 6) is 0.285. The maximum Gasteiger partial charge on any atom is 0.222 e. The fraction of sp³-hybridized carbons (Fsp3) is 0.650. The molecule has 3 nitrogen and oxygen atoms in total. The average molecular weight is 359 g/mol. The fourth-order valence-electron chi connectivity index (χ4n) is 2.03. The monoisotopic (exact) mass is 358 g/mol. The van der Waals surface area contributed by atoms with Crippen molar-refractivity contribution in [1.82, 2.24) is 4.90 Å². The third-order valence-electron chi connectivity index (χ3n) is 3.00. The molecule has 0 aliphatic carbocycles. The van der Waals surface area contributed by atoms with Crippen LogP contribution in [-0.2, 0) is 11.2 Å². The second kappa shape index (κ2) is 21.9. The molecule has 1 amide bonds. The lowest BCUT2D eigenvalue weighted by molar-refractivity contribution is -0.130. The summed E-state index contributed by atoms with van der Waals surface area (Å²) in [4.78, 5) is 13.8. The third kappa shape index (κ3) is 13.4. The van der Waals surface area contributed by atoms with Crippen LogP contribution in [0, 0.1) is 0 Å². The molecule has 2 rings (SSSR count). The highest BCUT2D eigenvalue weighted by Crippen LogP contribution is 2.13. The second-order valence-corrected chi connectivity index (χ2v) is 4.65. The lowest BCUT2D eigenvalue weighted by Gasteiger charge is -2.14. The molecular formula is C20H39ClN2O. The normalized spacial score (nSPS) is 11.3. The summed E-state index contributed by atoms with van der Waals surface area (Å²) >= 11 is 5.80. The predicted molar refractivity (Wildman–Crippen MR) is 110 cm³/mol. The molecule has 1 aromatic carbocycles. The van der Waals surface area contributed by atoms with E-state index in [4.69, 9.17) is 11.6 Å². The molecule has 2 N–H and O–H groups in total. The molecule has 1 fully saturated rings. The lowest BCUT2D eigenvalue weighted by atomic mass is 10.1. The van der Waals surface area contributed by atoms with Crippen LogP contribution in [0.1, 0.15) is 66.4 Å². The Morgan fingerprint density at radius 3 is 1.79 bits per heavy atom. The first-order valence-electron chi connectivity index (χ1n) is 9.35. The zero-order valence-electron chi connectivity index (χ0n) is 16.9. The number of aryl methyl sites for hydroxylation is 1. The number of halogens is 1. The first kappa shape index (κ1) is 27.8. The van der Waals surface area contributed by atoms with E-state index in [-0.39, 0.29) is 5.91 Å². The van der Waals surface area contributed by atoms with Crippen molar-refractivity contribution < 1.29 is 4.79 Å². The number of hydrogen-bond acceptors (Lipinski definition) is 2. The van der Waals surface area contributed by atoms with Gasteiger partial charge in [0.15, 0.2) is 0 Å². The summed E-state index contributed by atoms with van der Waals surface area (Å²) < 4.78 is 0. The zero-order chi connectivity index (χ0) is 19.4. The van der Waals surface area contributed by atoms with Gasteiger partial charge in [-0.05, 0) is 44.0 Å². The predicted octanol–water partition coefficient (Wildman–Crippen LogP) is 5.55. The minimum absolute atomic E-state index is 0.285. The molecule has 1 heterocycles. The summed E-state index contributed by atoms with van der Waals surface area (Å²) in [6.45, 7) is 13.9. The van der Waals surface area contributed by atoms with Crippen molar-refractivity contribution in [3.8, 4) is 0 Å². The van der Waals surface area contributed by atoms with Crippen LogP contribution in [0.4, 0.5) is 0 Å². The van der Waals surface area contributed by atoms with Crippen LogP contribution in [-0.4, -0.2) is 30.9 Å². The van der Waals surface area contributed by atoms with E-state index in [9.17, 15) is 4.79 Å². The molecule has 1 aromatic rings. The molecule has 4 heteroatoms. The molecule has 0 spiro atoms. The number of nitrogens with two attached hydrogens (primary N) is 1. The van der Waals surface area contributed by atoms with Crippen molar-refractivity contribution in [2.24, 2.45) is 5.73 Å².